The third-order valence-corrected chi connectivity index (χ3v) is 1.61. The Kier molecular flexibility index (Phi) is 3.27. The Hall–Kier alpha value is -1.37. The van der Waals surface area contributed by atoms with Gasteiger partial charge in [0.2, 0.25) is 0 Å². The van der Waals surface area contributed by atoms with Crippen LogP contribution >= 0.6 is 0 Å². The van der Waals surface area contributed by atoms with Gasteiger partial charge in [-0.3, -0.25) is 0 Å². The molecular weight excluding hydrogens is 148 g/mol. The zero-order valence-corrected chi connectivity index (χ0v) is 7.10. The summed E-state index contributed by atoms with van der Waals surface area (Å²) in [6.45, 7) is 1.87. The molecule has 0 bridgehead atoms. The fourth-order valence-electron chi connectivity index (χ4n) is 0.872. The Morgan fingerprint density at radius 3 is 2.50 bits per heavy atom. The van der Waals surface area contributed by atoms with Crippen LogP contribution in [0.3, 0.4) is 0 Å². The first kappa shape index (κ1) is 8.72. The summed E-state index contributed by atoms with van der Waals surface area (Å²) in [6.07, 6.45) is 4.78. The smallest absolute Gasteiger partial charge is 0.126 e. The molecule has 0 spiro atoms. The van der Waals surface area contributed by atoms with Crippen molar-refractivity contribution in [3.8, 4) is 0 Å². The molecule has 1 nitrogen and oxygen atoms in total. The predicted molar refractivity (Wildman–Crippen MR) is 50.7 cm³/mol. The van der Waals surface area contributed by atoms with E-state index < -0.39 is 0 Å². The molecule has 0 saturated heterocycles. The first-order valence-electron chi connectivity index (χ1n) is 4.01. The van der Waals surface area contributed by atoms with Crippen LogP contribution in [-0.4, -0.2) is 6.29 Å². The standard InChI is InChI=1S/C11H12O/c1-10(9-12)7-8-11-5-3-2-4-6-11/h2-10H,1H3/b8-7+/t10-/m0/s1. The highest BCUT2D eigenvalue weighted by Gasteiger charge is 1.90. The molecular formula is C11H12O. The molecule has 0 aromatic heterocycles. The highest BCUT2D eigenvalue weighted by atomic mass is 16.1. The molecule has 0 aliphatic carbocycles. The van der Waals surface area contributed by atoms with Crippen LogP contribution in [0.25, 0.3) is 6.08 Å². The summed E-state index contributed by atoms with van der Waals surface area (Å²) in [5.41, 5.74) is 1.13. The van der Waals surface area contributed by atoms with E-state index in [0.29, 0.717) is 0 Å². The van der Waals surface area contributed by atoms with Gasteiger partial charge in [-0.2, -0.15) is 0 Å². The third kappa shape index (κ3) is 2.70. The van der Waals surface area contributed by atoms with Crippen LogP contribution in [0, 0.1) is 5.92 Å². The molecule has 62 valence electrons. The number of carbonyl (C=O) groups is 1. The highest BCUT2D eigenvalue weighted by molar-refractivity contribution is 5.60. The zero-order valence-electron chi connectivity index (χ0n) is 7.10. The van der Waals surface area contributed by atoms with E-state index in [2.05, 4.69) is 0 Å². The molecule has 1 aromatic rings. The van der Waals surface area contributed by atoms with Gasteiger partial charge >= 0.3 is 0 Å². The lowest BCUT2D eigenvalue weighted by atomic mass is 10.1. The molecule has 12 heavy (non-hydrogen) atoms. The maximum absolute atomic E-state index is 10.3. The van der Waals surface area contributed by atoms with Crippen molar-refractivity contribution in [2.24, 2.45) is 5.92 Å². The first-order chi connectivity index (χ1) is 5.83. The van der Waals surface area contributed by atoms with E-state index in [1.54, 1.807) is 0 Å². The Bertz CT molecular complexity index is 262. The van der Waals surface area contributed by atoms with Crippen LogP contribution in [0.15, 0.2) is 36.4 Å². The summed E-state index contributed by atoms with van der Waals surface area (Å²) in [7, 11) is 0. The minimum Gasteiger partial charge on any atom is -0.303 e. The van der Waals surface area contributed by atoms with Crippen molar-refractivity contribution in [3.05, 3.63) is 42.0 Å². The van der Waals surface area contributed by atoms with Crippen LogP contribution in [0.2, 0.25) is 0 Å². The van der Waals surface area contributed by atoms with Crippen LogP contribution in [0.5, 0.6) is 0 Å². The van der Waals surface area contributed by atoms with Gasteiger partial charge in [0.1, 0.15) is 6.29 Å². The number of hydrogen-bond donors (Lipinski definition) is 0. The number of allylic oxidation sites excluding steroid dienone is 1. The number of benzene rings is 1. The highest BCUT2D eigenvalue weighted by Crippen LogP contribution is 2.03. The molecule has 1 rings (SSSR count). The maximum atomic E-state index is 10.3. The molecule has 0 amide bonds. The van der Waals surface area contributed by atoms with Crippen LogP contribution in [-0.2, 0) is 4.79 Å². The van der Waals surface area contributed by atoms with Crippen molar-refractivity contribution >= 4 is 12.4 Å². The molecule has 0 radical (unpaired) electrons. The van der Waals surface area contributed by atoms with Gasteiger partial charge < -0.3 is 4.79 Å². The van der Waals surface area contributed by atoms with E-state index >= 15 is 0 Å². The quantitative estimate of drug-likeness (QED) is 0.621. The van der Waals surface area contributed by atoms with Crippen molar-refractivity contribution in [3.63, 3.8) is 0 Å². The Morgan fingerprint density at radius 2 is 1.92 bits per heavy atom. The second kappa shape index (κ2) is 4.50. The van der Waals surface area contributed by atoms with E-state index in [9.17, 15) is 4.79 Å². The van der Waals surface area contributed by atoms with Crippen molar-refractivity contribution in [2.75, 3.05) is 0 Å². The third-order valence-electron chi connectivity index (χ3n) is 1.61. The fraction of sp³-hybridized carbons (Fsp3) is 0.182. The number of carbonyl (C=O) groups excluding carboxylic acids is 1. The van der Waals surface area contributed by atoms with E-state index in [1.807, 2.05) is 49.4 Å². The Labute approximate surface area is 72.7 Å². The van der Waals surface area contributed by atoms with Gasteiger partial charge in [0.15, 0.2) is 0 Å². The van der Waals surface area contributed by atoms with Gasteiger partial charge in [-0.05, 0) is 5.56 Å². The van der Waals surface area contributed by atoms with Gasteiger partial charge in [0.05, 0.1) is 0 Å². The van der Waals surface area contributed by atoms with E-state index in [1.165, 1.54) is 0 Å². The monoisotopic (exact) mass is 160 g/mol. The minimum atomic E-state index is 0.00482. The van der Waals surface area contributed by atoms with Crippen molar-refractivity contribution in [1.82, 2.24) is 0 Å². The lowest BCUT2D eigenvalue weighted by molar-refractivity contribution is -0.109. The summed E-state index contributed by atoms with van der Waals surface area (Å²) in [5.74, 6) is 0.00482. The lowest BCUT2D eigenvalue weighted by Crippen LogP contribution is -1.87. The average Bonchev–Trinajstić information content (AvgIpc) is 2.16. The number of rotatable bonds is 3. The van der Waals surface area contributed by atoms with Crippen LogP contribution < -0.4 is 0 Å². The molecule has 0 aliphatic rings. The molecule has 0 fully saturated rings. The molecule has 1 atom stereocenters. The second-order valence-electron chi connectivity index (χ2n) is 2.76. The van der Waals surface area contributed by atoms with Gasteiger partial charge in [-0.1, -0.05) is 49.4 Å². The van der Waals surface area contributed by atoms with Crippen LogP contribution in [0.4, 0.5) is 0 Å². The zero-order chi connectivity index (χ0) is 8.81. The topological polar surface area (TPSA) is 17.1 Å². The largest absolute Gasteiger partial charge is 0.303 e. The van der Waals surface area contributed by atoms with Gasteiger partial charge in [0, 0.05) is 5.92 Å². The molecule has 0 heterocycles. The minimum absolute atomic E-state index is 0.00482. The van der Waals surface area contributed by atoms with Crippen LogP contribution in [0.1, 0.15) is 12.5 Å². The van der Waals surface area contributed by atoms with Crippen molar-refractivity contribution in [1.29, 1.82) is 0 Å². The van der Waals surface area contributed by atoms with Crippen molar-refractivity contribution in [2.45, 2.75) is 6.92 Å². The summed E-state index contributed by atoms with van der Waals surface area (Å²) >= 11 is 0. The second-order valence-corrected chi connectivity index (χ2v) is 2.76. The summed E-state index contributed by atoms with van der Waals surface area (Å²) < 4.78 is 0. The molecule has 0 unspecified atom stereocenters. The molecule has 0 N–H and O–H groups in total. The summed E-state index contributed by atoms with van der Waals surface area (Å²) in [6, 6.07) is 9.94. The SMILES string of the molecule is C[C@H](C=O)/C=C/c1ccccc1. The van der Waals surface area contributed by atoms with Gasteiger partial charge in [-0.15, -0.1) is 0 Å². The fourth-order valence-corrected chi connectivity index (χ4v) is 0.872. The molecule has 1 aromatic carbocycles. The van der Waals surface area contributed by atoms with Gasteiger partial charge in [-0.25, -0.2) is 0 Å². The van der Waals surface area contributed by atoms with E-state index in [-0.39, 0.29) is 5.92 Å². The number of hydrogen-bond acceptors (Lipinski definition) is 1. The molecule has 0 saturated carbocycles. The van der Waals surface area contributed by atoms with E-state index in [4.69, 9.17) is 0 Å². The number of aldehydes is 1. The first-order valence-corrected chi connectivity index (χ1v) is 4.01. The normalized spacial score (nSPS) is 13.1. The molecule has 1 heteroatoms. The summed E-state index contributed by atoms with van der Waals surface area (Å²) in [5, 5.41) is 0. The molecule has 0 aliphatic heterocycles. The lowest BCUT2D eigenvalue weighted by Gasteiger charge is -1.93. The van der Waals surface area contributed by atoms with Gasteiger partial charge in [0.25, 0.3) is 0 Å². The Balaban J connectivity index is 2.63. The summed E-state index contributed by atoms with van der Waals surface area (Å²) in [4.78, 5) is 10.3. The average molecular weight is 160 g/mol. The maximum Gasteiger partial charge on any atom is 0.126 e. The van der Waals surface area contributed by atoms with E-state index in [0.717, 1.165) is 11.8 Å². The predicted octanol–water partition coefficient (Wildman–Crippen LogP) is 2.53. The van der Waals surface area contributed by atoms with Crippen molar-refractivity contribution < 1.29 is 4.79 Å². The Morgan fingerprint density at radius 1 is 1.25 bits per heavy atom.